The Labute approximate surface area is 61.9 Å². The Morgan fingerprint density at radius 2 is 2.30 bits per heavy atom. The van der Waals surface area contributed by atoms with Crippen LogP contribution in [0.5, 0.6) is 0 Å². The lowest BCUT2D eigenvalue weighted by Crippen LogP contribution is -2.25. The van der Waals surface area contributed by atoms with Gasteiger partial charge in [0.1, 0.15) is 0 Å². The molecule has 4 nitrogen and oxygen atoms in total. The molecule has 1 unspecified atom stereocenters. The summed E-state index contributed by atoms with van der Waals surface area (Å²) in [4.78, 5) is 9.97. The predicted molar refractivity (Wildman–Crippen MR) is 38.9 cm³/mol. The predicted octanol–water partition coefficient (Wildman–Crippen LogP) is -0.485. The van der Waals surface area contributed by atoms with Gasteiger partial charge in [0, 0.05) is 23.5 Å². The van der Waals surface area contributed by atoms with Crippen LogP contribution < -0.4 is 5.73 Å². The molecule has 0 aliphatic rings. The molecule has 2 atom stereocenters. The van der Waals surface area contributed by atoms with E-state index in [0.29, 0.717) is 0 Å². The molecule has 60 valence electrons. The zero-order chi connectivity index (χ0) is 8.15. The van der Waals surface area contributed by atoms with Crippen molar-refractivity contribution in [3.63, 3.8) is 0 Å². The van der Waals surface area contributed by atoms with Gasteiger partial charge in [-0.1, -0.05) is 0 Å². The van der Waals surface area contributed by atoms with Crippen LogP contribution in [0.1, 0.15) is 12.8 Å². The molecule has 0 rings (SSSR count). The summed E-state index contributed by atoms with van der Waals surface area (Å²) in [7, 11) is -1.11. The minimum Gasteiger partial charge on any atom is -0.481 e. The Balaban J connectivity index is 3.49. The van der Waals surface area contributed by atoms with Gasteiger partial charge in [-0.2, -0.15) is 0 Å². The maximum absolute atomic E-state index is 10.5. The molecule has 5 heteroatoms. The smallest absolute Gasteiger partial charge is 0.303 e. The highest BCUT2D eigenvalue weighted by Gasteiger charge is 2.07. The fourth-order valence-electron chi connectivity index (χ4n) is 0.432. The fraction of sp³-hybridized carbons (Fsp3) is 0.800. The van der Waals surface area contributed by atoms with Crippen LogP contribution in [0.25, 0.3) is 0 Å². The van der Waals surface area contributed by atoms with E-state index in [1.54, 1.807) is 0 Å². The van der Waals surface area contributed by atoms with Gasteiger partial charge in [0.25, 0.3) is 0 Å². The third kappa shape index (κ3) is 4.46. The molecule has 0 saturated carbocycles. The molecule has 0 bridgehead atoms. The third-order valence-electron chi connectivity index (χ3n) is 1.07. The average Bonchev–Trinajstić information content (AvgIpc) is 1.82. The number of carboxylic acid groups (broad SMARTS) is 1. The van der Waals surface area contributed by atoms with E-state index in [0.717, 1.165) is 0 Å². The highest BCUT2D eigenvalue weighted by molar-refractivity contribution is 7.84. The number of hydrogen-bond acceptors (Lipinski definition) is 3. The fourth-order valence-corrected chi connectivity index (χ4v) is 0.881. The van der Waals surface area contributed by atoms with Crippen molar-refractivity contribution in [2.45, 2.75) is 18.2 Å². The van der Waals surface area contributed by atoms with Gasteiger partial charge in [-0.15, -0.1) is 0 Å². The van der Waals surface area contributed by atoms with Gasteiger partial charge in [-0.25, -0.2) is 0 Å². The first-order valence-electron chi connectivity index (χ1n) is 2.83. The zero-order valence-electron chi connectivity index (χ0n) is 5.74. The number of aliphatic carboxylic acids is 1. The van der Waals surface area contributed by atoms with E-state index in [-0.39, 0.29) is 12.8 Å². The Bertz CT molecular complexity index is 148. The van der Waals surface area contributed by atoms with Crippen molar-refractivity contribution in [3.8, 4) is 0 Å². The topological polar surface area (TPSA) is 80.4 Å². The van der Waals surface area contributed by atoms with Crippen LogP contribution in [0, 0.1) is 0 Å². The Morgan fingerprint density at radius 1 is 1.80 bits per heavy atom. The van der Waals surface area contributed by atoms with E-state index < -0.39 is 22.1 Å². The van der Waals surface area contributed by atoms with Crippen molar-refractivity contribution >= 4 is 16.8 Å². The van der Waals surface area contributed by atoms with E-state index in [1.807, 2.05) is 0 Å². The molecule has 0 saturated heterocycles. The summed E-state index contributed by atoms with van der Waals surface area (Å²) in [5.74, 6) is -0.902. The molecule has 0 fully saturated rings. The van der Waals surface area contributed by atoms with Crippen LogP contribution in [0.4, 0.5) is 0 Å². The quantitative estimate of drug-likeness (QED) is 0.589. The van der Waals surface area contributed by atoms with Crippen molar-refractivity contribution in [2.75, 3.05) is 6.26 Å². The molecule has 0 heterocycles. The molecule has 0 amide bonds. The van der Waals surface area contributed by atoms with E-state index in [4.69, 9.17) is 10.8 Å². The molecule has 3 N–H and O–H groups in total. The van der Waals surface area contributed by atoms with Gasteiger partial charge < -0.3 is 10.8 Å². The minimum atomic E-state index is -1.11. The molecule has 0 radical (unpaired) electrons. The molecule has 0 aliphatic heterocycles. The van der Waals surface area contributed by atoms with Crippen molar-refractivity contribution in [1.29, 1.82) is 0 Å². The molecular formula is C5H11NO3S. The van der Waals surface area contributed by atoms with Gasteiger partial charge in [0.15, 0.2) is 0 Å². The maximum atomic E-state index is 10.5. The van der Waals surface area contributed by atoms with Crippen LogP contribution in [0.2, 0.25) is 0 Å². The second-order valence-electron chi connectivity index (χ2n) is 1.97. The monoisotopic (exact) mass is 165 g/mol. The van der Waals surface area contributed by atoms with Gasteiger partial charge in [0.05, 0.1) is 5.37 Å². The first kappa shape index (κ1) is 9.58. The van der Waals surface area contributed by atoms with Crippen molar-refractivity contribution in [3.05, 3.63) is 0 Å². The Hall–Kier alpha value is -0.420. The standard InChI is InChI=1S/C5H11NO3S/c1-10(9)4(6)2-3-5(7)8/h4H,2-3,6H2,1H3,(H,7,8)/t4-,10?/m1/s1. The molecule has 0 aromatic carbocycles. The second-order valence-corrected chi connectivity index (χ2v) is 3.57. The molecular weight excluding hydrogens is 154 g/mol. The van der Waals surface area contributed by atoms with Crippen molar-refractivity contribution in [2.24, 2.45) is 5.73 Å². The average molecular weight is 165 g/mol. The van der Waals surface area contributed by atoms with Gasteiger partial charge in [-0.3, -0.25) is 9.00 Å². The molecule has 0 aliphatic carbocycles. The summed E-state index contributed by atoms with van der Waals surface area (Å²) < 4.78 is 10.5. The summed E-state index contributed by atoms with van der Waals surface area (Å²) >= 11 is 0. The van der Waals surface area contributed by atoms with Crippen LogP contribution in [0.3, 0.4) is 0 Å². The minimum absolute atomic E-state index is 0.0131. The SMILES string of the molecule is CS(=O)[C@@H](N)CCC(=O)O. The third-order valence-corrected chi connectivity index (χ3v) is 2.16. The summed E-state index contributed by atoms with van der Waals surface area (Å²) in [6, 6.07) is 0. The van der Waals surface area contributed by atoms with Crippen molar-refractivity contribution < 1.29 is 14.1 Å². The second kappa shape index (κ2) is 4.40. The van der Waals surface area contributed by atoms with Crippen LogP contribution in [-0.4, -0.2) is 26.9 Å². The zero-order valence-corrected chi connectivity index (χ0v) is 6.56. The van der Waals surface area contributed by atoms with Gasteiger partial charge >= 0.3 is 5.97 Å². The summed E-state index contributed by atoms with van der Waals surface area (Å²) in [5, 5.41) is 7.69. The van der Waals surface area contributed by atoms with E-state index in [9.17, 15) is 9.00 Å². The van der Waals surface area contributed by atoms with Gasteiger partial charge in [0.2, 0.25) is 0 Å². The first-order chi connectivity index (χ1) is 4.54. The molecule has 0 aromatic rings. The van der Waals surface area contributed by atoms with E-state index in [1.165, 1.54) is 6.26 Å². The lowest BCUT2D eigenvalue weighted by molar-refractivity contribution is -0.137. The maximum Gasteiger partial charge on any atom is 0.303 e. The Kier molecular flexibility index (Phi) is 4.22. The number of carbonyl (C=O) groups is 1. The van der Waals surface area contributed by atoms with Crippen LogP contribution in [-0.2, 0) is 15.6 Å². The summed E-state index contributed by atoms with van der Waals surface area (Å²) in [6.45, 7) is 0. The highest BCUT2D eigenvalue weighted by Crippen LogP contribution is 1.96. The normalized spacial score (nSPS) is 16.2. The first-order valence-corrected chi connectivity index (χ1v) is 4.45. The number of hydrogen-bond donors (Lipinski definition) is 2. The van der Waals surface area contributed by atoms with Crippen molar-refractivity contribution in [1.82, 2.24) is 0 Å². The van der Waals surface area contributed by atoms with E-state index in [2.05, 4.69) is 0 Å². The molecule has 0 aromatic heterocycles. The van der Waals surface area contributed by atoms with Gasteiger partial charge in [-0.05, 0) is 6.42 Å². The largest absolute Gasteiger partial charge is 0.481 e. The number of nitrogens with two attached hydrogens (primary N) is 1. The molecule has 0 spiro atoms. The van der Waals surface area contributed by atoms with Crippen LogP contribution in [0.15, 0.2) is 0 Å². The summed E-state index contributed by atoms with van der Waals surface area (Å²) in [6.07, 6.45) is 1.73. The summed E-state index contributed by atoms with van der Waals surface area (Å²) in [5.41, 5.74) is 5.30. The van der Waals surface area contributed by atoms with Crippen LogP contribution >= 0.6 is 0 Å². The lowest BCUT2D eigenvalue weighted by Gasteiger charge is -2.04. The lowest BCUT2D eigenvalue weighted by atomic mass is 10.3. The van der Waals surface area contributed by atoms with E-state index >= 15 is 0 Å². The number of rotatable bonds is 4. The molecule has 10 heavy (non-hydrogen) atoms. The number of carboxylic acids is 1. The Morgan fingerprint density at radius 3 is 2.60 bits per heavy atom. The highest BCUT2D eigenvalue weighted by atomic mass is 32.2.